The molecule has 0 unspecified atom stereocenters. The van der Waals surface area contributed by atoms with Crippen molar-refractivity contribution in [2.45, 2.75) is 19.9 Å². The van der Waals surface area contributed by atoms with Crippen LogP contribution in [0.3, 0.4) is 0 Å². The Labute approximate surface area is 143 Å². The average molecular weight is 382 g/mol. The highest BCUT2D eigenvalue weighted by molar-refractivity contribution is 9.10. The molecule has 0 bridgehead atoms. The molecule has 0 saturated heterocycles. The number of nitrogens with zero attached hydrogens (tertiary/aromatic N) is 2. The van der Waals surface area contributed by atoms with Crippen LogP contribution >= 0.6 is 27.3 Å². The van der Waals surface area contributed by atoms with Gasteiger partial charge in [0, 0.05) is 23.4 Å². The number of amides is 1. The zero-order valence-electron chi connectivity index (χ0n) is 12.8. The molecule has 2 aromatic heterocycles. The first kappa shape index (κ1) is 17.1. The fourth-order valence-electron chi connectivity index (χ4n) is 2.41. The maximum Gasteiger partial charge on any atom is 0.252 e. The van der Waals surface area contributed by atoms with Gasteiger partial charge in [-0.3, -0.25) is 14.7 Å². The number of likely N-dealkylation sites (N-methyl/N-ethyl adjacent to an activating group) is 1. The molecule has 1 amide bonds. The standard InChI is InChI=1S/C16H20BrN3OS/c1-3-20(4-2)15(12-5-6-22-11-12)10-19-16(21)13-7-14(17)9-18-8-13/h5-9,11,15H,3-4,10H2,1-2H3,(H,19,21)/t15-/m1/s1. The van der Waals surface area contributed by atoms with Gasteiger partial charge in [0.25, 0.3) is 5.91 Å². The van der Waals surface area contributed by atoms with Gasteiger partial charge >= 0.3 is 0 Å². The van der Waals surface area contributed by atoms with Crippen LogP contribution in [0.1, 0.15) is 35.8 Å². The normalized spacial score (nSPS) is 12.4. The maximum absolute atomic E-state index is 12.3. The number of aromatic nitrogens is 1. The maximum atomic E-state index is 12.3. The summed E-state index contributed by atoms with van der Waals surface area (Å²) in [4.78, 5) is 18.7. The van der Waals surface area contributed by atoms with Crippen LogP contribution in [-0.4, -0.2) is 35.4 Å². The van der Waals surface area contributed by atoms with Gasteiger partial charge < -0.3 is 5.32 Å². The molecule has 4 nitrogen and oxygen atoms in total. The van der Waals surface area contributed by atoms with E-state index < -0.39 is 0 Å². The molecule has 1 atom stereocenters. The number of halogens is 1. The second-order valence-electron chi connectivity index (χ2n) is 4.90. The molecule has 118 valence electrons. The van der Waals surface area contributed by atoms with Crippen molar-refractivity contribution in [1.82, 2.24) is 15.2 Å². The second-order valence-corrected chi connectivity index (χ2v) is 6.59. The summed E-state index contributed by atoms with van der Waals surface area (Å²) < 4.78 is 0.804. The van der Waals surface area contributed by atoms with Gasteiger partial charge in [-0.05, 0) is 57.5 Å². The fraction of sp³-hybridized carbons (Fsp3) is 0.375. The van der Waals surface area contributed by atoms with Gasteiger partial charge in [-0.2, -0.15) is 11.3 Å². The van der Waals surface area contributed by atoms with E-state index in [9.17, 15) is 4.79 Å². The first-order valence-electron chi connectivity index (χ1n) is 7.30. The van der Waals surface area contributed by atoms with E-state index in [0.717, 1.165) is 17.6 Å². The predicted molar refractivity (Wildman–Crippen MR) is 94.3 cm³/mol. The van der Waals surface area contributed by atoms with Crippen LogP contribution in [0.2, 0.25) is 0 Å². The van der Waals surface area contributed by atoms with Gasteiger partial charge in [0.1, 0.15) is 0 Å². The summed E-state index contributed by atoms with van der Waals surface area (Å²) in [5.41, 5.74) is 1.82. The van der Waals surface area contributed by atoms with Crippen LogP contribution in [0.25, 0.3) is 0 Å². The third-order valence-electron chi connectivity index (χ3n) is 3.60. The molecule has 0 aliphatic heterocycles. The topological polar surface area (TPSA) is 45.2 Å². The third kappa shape index (κ3) is 4.38. The van der Waals surface area contributed by atoms with Crippen LogP contribution in [0.15, 0.2) is 39.8 Å². The lowest BCUT2D eigenvalue weighted by Crippen LogP contribution is -2.37. The largest absolute Gasteiger partial charge is 0.350 e. The predicted octanol–water partition coefficient (Wildman–Crippen LogP) is 3.72. The summed E-state index contributed by atoms with van der Waals surface area (Å²) >= 11 is 5.02. The Morgan fingerprint density at radius 1 is 1.41 bits per heavy atom. The van der Waals surface area contributed by atoms with Gasteiger partial charge in [0.05, 0.1) is 11.6 Å². The molecular formula is C16H20BrN3OS. The number of carbonyl (C=O) groups is 1. The van der Waals surface area contributed by atoms with E-state index in [-0.39, 0.29) is 11.9 Å². The second kappa shape index (κ2) is 8.41. The number of hydrogen-bond acceptors (Lipinski definition) is 4. The third-order valence-corrected chi connectivity index (χ3v) is 4.74. The molecule has 2 heterocycles. The Morgan fingerprint density at radius 3 is 2.77 bits per heavy atom. The molecule has 0 aliphatic rings. The van der Waals surface area contributed by atoms with E-state index in [4.69, 9.17) is 0 Å². The van der Waals surface area contributed by atoms with Crippen molar-refractivity contribution in [3.8, 4) is 0 Å². The van der Waals surface area contributed by atoms with Gasteiger partial charge in [0.2, 0.25) is 0 Å². The molecule has 1 N–H and O–H groups in total. The molecule has 0 aromatic carbocycles. The van der Waals surface area contributed by atoms with Gasteiger partial charge in [-0.1, -0.05) is 13.8 Å². The lowest BCUT2D eigenvalue weighted by Gasteiger charge is -2.29. The quantitative estimate of drug-likeness (QED) is 0.794. The number of pyridine rings is 1. The summed E-state index contributed by atoms with van der Waals surface area (Å²) in [6.45, 7) is 6.77. The zero-order chi connectivity index (χ0) is 15.9. The SMILES string of the molecule is CCN(CC)[C@H](CNC(=O)c1cncc(Br)c1)c1ccsc1. The van der Waals surface area contributed by atoms with Crippen molar-refractivity contribution >= 4 is 33.2 Å². The lowest BCUT2D eigenvalue weighted by molar-refractivity contribution is 0.0934. The van der Waals surface area contributed by atoms with E-state index in [2.05, 4.69) is 61.8 Å². The minimum Gasteiger partial charge on any atom is -0.350 e. The Morgan fingerprint density at radius 2 is 2.18 bits per heavy atom. The molecule has 2 rings (SSSR count). The Hall–Kier alpha value is -1.24. The van der Waals surface area contributed by atoms with Gasteiger partial charge in [-0.15, -0.1) is 0 Å². The number of hydrogen-bond donors (Lipinski definition) is 1. The van der Waals surface area contributed by atoms with Crippen molar-refractivity contribution in [2.24, 2.45) is 0 Å². The number of nitrogens with one attached hydrogen (secondary N) is 1. The first-order chi connectivity index (χ1) is 10.7. The minimum absolute atomic E-state index is 0.0961. The molecule has 6 heteroatoms. The molecule has 0 aliphatic carbocycles. The van der Waals surface area contributed by atoms with Crippen molar-refractivity contribution in [3.05, 3.63) is 50.9 Å². The van der Waals surface area contributed by atoms with Crippen molar-refractivity contribution < 1.29 is 4.79 Å². The fourth-order valence-corrected chi connectivity index (χ4v) is 3.49. The first-order valence-corrected chi connectivity index (χ1v) is 9.04. The van der Waals surface area contributed by atoms with Crippen molar-refractivity contribution in [2.75, 3.05) is 19.6 Å². The van der Waals surface area contributed by atoms with Crippen molar-refractivity contribution in [1.29, 1.82) is 0 Å². The summed E-state index contributed by atoms with van der Waals surface area (Å²) in [6.07, 6.45) is 3.25. The van der Waals surface area contributed by atoms with Crippen LogP contribution in [-0.2, 0) is 0 Å². The highest BCUT2D eigenvalue weighted by Crippen LogP contribution is 2.22. The highest BCUT2D eigenvalue weighted by Gasteiger charge is 2.19. The number of thiophene rings is 1. The molecule has 0 fully saturated rings. The summed E-state index contributed by atoms with van der Waals surface area (Å²) in [6, 6.07) is 4.10. The van der Waals surface area contributed by atoms with Crippen molar-refractivity contribution in [3.63, 3.8) is 0 Å². The van der Waals surface area contributed by atoms with E-state index in [0.29, 0.717) is 12.1 Å². The number of rotatable bonds is 7. The van der Waals surface area contributed by atoms with E-state index in [1.807, 2.05) is 0 Å². The van der Waals surface area contributed by atoms with Gasteiger partial charge in [-0.25, -0.2) is 0 Å². The molecule has 0 saturated carbocycles. The zero-order valence-corrected chi connectivity index (χ0v) is 15.2. The smallest absolute Gasteiger partial charge is 0.252 e. The average Bonchev–Trinajstić information content (AvgIpc) is 3.05. The summed E-state index contributed by atoms with van der Waals surface area (Å²) in [5.74, 6) is -0.0961. The Balaban J connectivity index is 2.06. The molecule has 0 spiro atoms. The van der Waals surface area contributed by atoms with E-state index in [1.54, 1.807) is 29.8 Å². The molecule has 2 aromatic rings. The molecular weight excluding hydrogens is 362 g/mol. The van der Waals surface area contributed by atoms with Crippen LogP contribution < -0.4 is 5.32 Å². The van der Waals surface area contributed by atoms with Crippen LogP contribution in [0.5, 0.6) is 0 Å². The minimum atomic E-state index is -0.0961. The molecule has 0 radical (unpaired) electrons. The lowest BCUT2D eigenvalue weighted by atomic mass is 10.1. The Kier molecular flexibility index (Phi) is 6.54. The monoisotopic (exact) mass is 381 g/mol. The van der Waals surface area contributed by atoms with Gasteiger partial charge in [0.15, 0.2) is 0 Å². The number of carbonyl (C=O) groups excluding carboxylic acids is 1. The Bertz CT molecular complexity index is 599. The van der Waals surface area contributed by atoms with E-state index >= 15 is 0 Å². The van der Waals surface area contributed by atoms with Crippen LogP contribution in [0, 0.1) is 0 Å². The summed E-state index contributed by atoms with van der Waals surface area (Å²) in [7, 11) is 0. The summed E-state index contributed by atoms with van der Waals surface area (Å²) in [5, 5.41) is 7.25. The van der Waals surface area contributed by atoms with E-state index in [1.165, 1.54) is 5.56 Å². The highest BCUT2D eigenvalue weighted by atomic mass is 79.9. The van der Waals surface area contributed by atoms with Crippen LogP contribution in [0.4, 0.5) is 0 Å². The molecule has 22 heavy (non-hydrogen) atoms.